The second kappa shape index (κ2) is 7.55. The lowest BCUT2D eigenvalue weighted by Crippen LogP contribution is -2.10. The SMILES string of the molecule is Cc1cccc(-c2cc3cnc(SCc4ccccc4)nc3[nH]c2=O)c1Cl. The minimum Gasteiger partial charge on any atom is -0.306 e. The van der Waals surface area contributed by atoms with Crippen LogP contribution in [0.15, 0.2) is 70.7 Å². The highest BCUT2D eigenvalue weighted by atomic mass is 35.5. The molecule has 0 unspecified atom stereocenters. The van der Waals surface area contributed by atoms with Crippen LogP contribution in [0.4, 0.5) is 0 Å². The minimum absolute atomic E-state index is 0.215. The molecule has 0 aliphatic carbocycles. The maximum atomic E-state index is 12.6. The highest BCUT2D eigenvalue weighted by molar-refractivity contribution is 7.98. The molecule has 4 rings (SSSR count). The lowest BCUT2D eigenvalue weighted by atomic mass is 10.0. The van der Waals surface area contributed by atoms with Gasteiger partial charge in [0.05, 0.1) is 5.02 Å². The number of nitrogens with zero attached hydrogens (tertiary/aromatic N) is 2. The summed E-state index contributed by atoms with van der Waals surface area (Å²) in [7, 11) is 0. The van der Waals surface area contributed by atoms with Gasteiger partial charge >= 0.3 is 0 Å². The maximum absolute atomic E-state index is 12.6. The molecule has 0 aliphatic rings. The largest absolute Gasteiger partial charge is 0.306 e. The molecule has 4 aromatic rings. The Kier molecular flexibility index (Phi) is 4.97. The third-order valence-corrected chi connectivity index (χ3v) is 5.70. The monoisotopic (exact) mass is 393 g/mol. The third kappa shape index (κ3) is 3.75. The van der Waals surface area contributed by atoms with Gasteiger partial charge in [-0.05, 0) is 24.1 Å². The van der Waals surface area contributed by atoms with Gasteiger partial charge in [-0.3, -0.25) is 4.79 Å². The van der Waals surface area contributed by atoms with Crippen molar-refractivity contribution in [1.29, 1.82) is 0 Å². The molecule has 0 amide bonds. The number of rotatable bonds is 4. The molecular weight excluding hydrogens is 378 g/mol. The predicted molar refractivity (Wildman–Crippen MR) is 111 cm³/mol. The van der Waals surface area contributed by atoms with Crippen molar-refractivity contribution in [3.63, 3.8) is 0 Å². The molecule has 0 bridgehead atoms. The first-order chi connectivity index (χ1) is 13.1. The molecule has 6 heteroatoms. The van der Waals surface area contributed by atoms with Crippen molar-refractivity contribution in [2.24, 2.45) is 0 Å². The van der Waals surface area contributed by atoms with Gasteiger partial charge in [0.2, 0.25) is 0 Å². The number of aromatic nitrogens is 3. The van der Waals surface area contributed by atoms with E-state index in [4.69, 9.17) is 11.6 Å². The lowest BCUT2D eigenvalue weighted by molar-refractivity contribution is 0.984. The van der Waals surface area contributed by atoms with Crippen molar-refractivity contribution >= 4 is 34.4 Å². The fourth-order valence-electron chi connectivity index (χ4n) is 2.82. The molecule has 2 aromatic heterocycles. The van der Waals surface area contributed by atoms with E-state index in [9.17, 15) is 4.79 Å². The molecule has 0 saturated carbocycles. The molecule has 0 saturated heterocycles. The highest BCUT2D eigenvalue weighted by Crippen LogP contribution is 2.29. The molecular formula is C21H16ClN3OS. The molecule has 0 radical (unpaired) electrons. The first-order valence-electron chi connectivity index (χ1n) is 8.44. The fourth-order valence-corrected chi connectivity index (χ4v) is 3.82. The van der Waals surface area contributed by atoms with E-state index in [1.807, 2.05) is 43.3 Å². The average Bonchev–Trinajstić information content (AvgIpc) is 2.69. The Hall–Kier alpha value is -2.63. The van der Waals surface area contributed by atoms with E-state index in [1.165, 1.54) is 17.3 Å². The average molecular weight is 394 g/mol. The first-order valence-corrected chi connectivity index (χ1v) is 9.80. The Morgan fingerprint density at radius 1 is 1.07 bits per heavy atom. The van der Waals surface area contributed by atoms with Gasteiger partial charge in [-0.15, -0.1) is 0 Å². The lowest BCUT2D eigenvalue weighted by Gasteiger charge is -2.08. The van der Waals surface area contributed by atoms with Gasteiger partial charge in [-0.25, -0.2) is 9.97 Å². The molecule has 4 nitrogen and oxygen atoms in total. The summed E-state index contributed by atoms with van der Waals surface area (Å²) < 4.78 is 0. The fraction of sp³-hybridized carbons (Fsp3) is 0.0952. The molecule has 0 spiro atoms. The van der Waals surface area contributed by atoms with Crippen LogP contribution in [0, 0.1) is 6.92 Å². The van der Waals surface area contributed by atoms with E-state index >= 15 is 0 Å². The summed E-state index contributed by atoms with van der Waals surface area (Å²) in [6.45, 7) is 1.92. The minimum atomic E-state index is -0.215. The van der Waals surface area contributed by atoms with Crippen molar-refractivity contribution < 1.29 is 0 Å². The van der Waals surface area contributed by atoms with Gasteiger partial charge in [0.25, 0.3) is 5.56 Å². The topological polar surface area (TPSA) is 58.6 Å². The Morgan fingerprint density at radius 2 is 1.89 bits per heavy atom. The second-order valence-corrected chi connectivity index (χ2v) is 7.50. The summed E-state index contributed by atoms with van der Waals surface area (Å²) in [6.07, 6.45) is 1.73. The van der Waals surface area contributed by atoms with Crippen LogP contribution >= 0.6 is 23.4 Å². The molecule has 2 aromatic carbocycles. The number of halogens is 1. The van der Waals surface area contributed by atoms with Crippen LogP contribution in [0.2, 0.25) is 5.02 Å². The van der Waals surface area contributed by atoms with Gasteiger partial charge in [-0.1, -0.05) is 71.9 Å². The zero-order chi connectivity index (χ0) is 18.8. The smallest absolute Gasteiger partial charge is 0.257 e. The second-order valence-electron chi connectivity index (χ2n) is 6.18. The molecule has 0 fully saturated rings. The number of benzene rings is 2. The van der Waals surface area contributed by atoms with Crippen molar-refractivity contribution in [2.75, 3.05) is 0 Å². The number of pyridine rings is 1. The summed E-state index contributed by atoms with van der Waals surface area (Å²) in [5.41, 5.74) is 3.67. The summed E-state index contributed by atoms with van der Waals surface area (Å²) in [4.78, 5) is 24.4. The van der Waals surface area contributed by atoms with Gasteiger partial charge in [0.1, 0.15) is 5.65 Å². The number of H-pyrrole nitrogens is 1. The van der Waals surface area contributed by atoms with Crippen LogP contribution in [0.3, 0.4) is 0 Å². The third-order valence-electron chi connectivity index (χ3n) is 4.26. The molecule has 134 valence electrons. The van der Waals surface area contributed by atoms with E-state index in [1.54, 1.807) is 12.3 Å². The van der Waals surface area contributed by atoms with Crippen molar-refractivity contribution in [3.8, 4) is 11.1 Å². The van der Waals surface area contributed by atoms with Crippen LogP contribution in [0.25, 0.3) is 22.2 Å². The van der Waals surface area contributed by atoms with Crippen LogP contribution in [-0.4, -0.2) is 15.0 Å². The Bertz CT molecular complexity index is 1180. The van der Waals surface area contributed by atoms with Crippen molar-refractivity contribution in [3.05, 3.63) is 87.3 Å². The van der Waals surface area contributed by atoms with Crippen molar-refractivity contribution in [1.82, 2.24) is 15.0 Å². The Labute approximate surface area is 165 Å². The van der Waals surface area contributed by atoms with E-state index < -0.39 is 0 Å². The van der Waals surface area contributed by atoms with E-state index in [-0.39, 0.29) is 5.56 Å². The Morgan fingerprint density at radius 3 is 2.70 bits per heavy atom. The summed E-state index contributed by atoms with van der Waals surface area (Å²) in [5.74, 6) is 0.771. The van der Waals surface area contributed by atoms with Crippen molar-refractivity contribution in [2.45, 2.75) is 17.8 Å². The maximum Gasteiger partial charge on any atom is 0.257 e. The zero-order valence-electron chi connectivity index (χ0n) is 14.6. The van der Waals surface area contributed by atoms with E-state index in [0.29, 0.717) is 27.0 Å². The number of fused-ring (bicyclic) bond motifs is 1. The van der Waals surface area contributed by atoms with Crippen LogP contribution < -0.4 is 5.56 Å². The van der Waals surface area contributed by atoms with Gasteiger partial charge in [0.15, 0.2) is 5.16 Å². The van der Waals surface area contributed by atoms with E-state index in [0.717, 1.165) is 16.7 Å². The number of thioether (sulfide) groups is 1. The van der Waals surface area contributed by atoms with E-state index in [2.05, 4.69) is 27.1 Å². The standard InChI is InChI=1S/C21H16ClN3OS/c1-13-6-5-9-16(18(13)22)17-10-15-11-23-21(25-19(15)24-20(17)26)27-12-14-7-3-2-4-8-14/h2-11H,12H2,1H3,(H,23,24,25,26). The highest BCUT2D eigenvalue weighted by Gasteiger charge is 2.12. The summed E-state index contributed by atoms with van der Waals surface area (Å²) >= 11 is 7.92. The molecule has 1 N–H and O–H groups in total. The zero-order valence-corrected chi connectivity index (χ0v) is 16.1. The molecule has 27 heavy (non-hydrogen) atoms. The number of aryl methyl sites for hydroxylation is 1. The molecule has 0 aliphatic heterocycles. The normalized spacial score (nSPS) is 11.0. The Balaban J connectivity index is 1.68. The number of aromatic amines is 1. The summed E-state index contributed by atoms with van der Waals surface area (Å²) in [5, 5.41) is 1.98. The number of hydrogen-bond acceptors (Lipinski definition) is 4. The van der Waals surface area contributed by atoms with Crippen LogP contribution in [-0.2, 0) is 5.75 Å². The molecule has 2 heterocycles. The number of nitrogens with one attached hydrogen (secondary N) is 1. The quantitative estimate of drug-likeness (QED) is 0.380. The number of hydrogen-bond donors (Lipinski definition) is 1. The van der Waals surface area contributed by atoms with Crippen LogP contribution in [0.1, 0.15) is 11.1 Å². The molecule has 0 atom stereocenters. The predicted octanol–water partition coefficient (Wildman–Crippen LogP) is 5.24. The van der Waals surface area contributed by atoms with Gasteiger partial charge in [0, 0.05) is 28.5 Å². The van der Waals surface area contributed by atoms with Crippen LogP contribution in [0.5, 0.6) is 0 Å². The first kappa shape index (κ1) is 17.8. The van der Waals surface area contributed by atoms with Gasteiger partial charge in [-0.2, -0.15) is 0 Å². The van der Waals surface area contributed by atoms with Gasteiger partial charge < -0.3 is 4.98 Å². The summed E-state index contributed by atoms with van der Waals surface area (Å²) in [6, 6.07) is 17.6.